The molecule has 0 radical (unpaired) electrons. The van der Waals surface area contributed by atoms with Crippen molar-refractivity contribution in [2.45, 2.75) is 71.4 Å². The molecule has 1 aliphatic carbocycles. The Balaban J connectivity index is 1.95. The summed E-state index contributed by atoms with van der Waals surface area (Å²) < 4.78 is 0. The number of aliphatic hydroxyl groups excluding tert-OH is 1. The minimum absolute atomic E-state index is 0.0950. The Bertz CT molecular complexity index is 293. The first-order valence-electron chi connectivity index (χ1n) is 8.66. The zero-order valence-corrected chi connectivity index (χ0v) is 13.7. The molecule has 118 valence electrons. The van der Waals surface area contributed by atoms with E-state index in [1.54, 1.807) is 0 Å². The zero-order valence-electron chi connectivity index (χ0n) is 13.7. The second-order valence-electron chi connectivity index (χ2n) is 7.63. The summed E-state index contributed by atoms with van der Waals surface area (Å²) in [5, 5.41) is 13.7. The van der Waals surface area contributed by atoms with Crippen molar-refractivity contribution < 1.29 is 5.11 Å². The lowest BCUT2D eigenvalue weighted by atomic mass is 9.67. The van der Waals surface area contributed by atoms with Gasteiger partial charge < -0.3 is 15.3 Å². The number of rotatable bonds is 5. The molecule has 1 aliphatic heterocycles. The van der Waals surface area contributed by atoms with Gasteiger partial charge in [-0.25, -0.2) is 0 Å². The van der Waals surface area contributed by atoms with Crippen molar-refractivity contribution in [3.8, 4) is 0 Å². The summed E-state index contributed by atoms with van der Waals surface area (Å²) in [6.07, 6.45) is 7.31. The van der Waals surface area contributed by atoms with Crippen molar-refractivity contribution in [2.24, 2.45) is 11.3 Å². The minimum atomic E-state index is -0.0950. The van der Waals surface area contributed by atoms with E-state index in [1.165, 1.54) is 38.8 Å². The van der Waals surface area contributed by atoms with Gasteiger partial charge in [-0.05, 0) is 56.5 Å². The first-order chi connectivity index (χ1) is 9.53. The van der Waals surface area contributed by atoms with Crippen LogP contribution in [0.25, 0.3) is 0 Å². The van der Waals surface area contributed by atoms with E-state index in [0.29, 0.717) is 11.5 Å². The molecule has 1 saturated heterocycles. The number of hydrogen-bond donors (Lipinski definition) is 2. The van der Waals surface area contributed by atoms with Crippen LogP contribution in [0.15, 0.2) is 0 Å². The van der Waals surface area contributed by atoms with Crippen molar-refractivity contribution in [2.75, 3.05) is 26.2 Å². The van der Waals surface area contributed by atoms with Crippen LogP contribution in [0.2, 0.25) is 0 Å². The lowest BCUT2D eigenvalue weighted by Crippen LogP contribution is -2.54. The average molecular weight is 282 g/mol. The number of hydrogen-bond acceptors (Lipinski definition) is 3. The minimum Gasteiger partial charge on any atom is -0.392 e. The van der Waals surface area contributed by atoms with Gasteiger partial charge in [-0.15, -0.1) is 0 Å². The van der Waals surface area contributed by atoms with Crippen LogP contribution in [0.4, 0.5) is 0 Å². The maximum absolute atomic E-state index is 9.86. The fourth-order valence-corrected chi connectivity index (χ4v) is 4.25. The third-order valence-corrected chi connectivity index (χ3v) is 5.30. The van der Waals surface area contributed by atoms with Crippen molar-refractivity contribution in [3.05, 3.63) is 0 Å². The number of β-amino-alcohol motifs (C(OH)–C–C–N with tert-alkyl or cyclic N) is 1. The monoisotopic (exact) mass is 282 g/mol. The van der Waals surface area contributed by atoms with Crippen molar-refractivity contribution in [1.29, 1.82) is 0 Å². The standard InChI is InChI=1S/C17H34N2O/c1-4-10-18-16-14(7-5-9-17(16,2)3)12-19-11-6-8-15(20)13-19/h14-16,18,20H,4-13H2,1-3H3. The van der Waals surface area contributed by atoms with E-state index >= 15 is 0 Å². The SMILES string of the molecule is CCCNC1C(CN2CCCC(O)C2)CCCC1(C)C. The molecule has 2 fully saturated rings. The fraction of sp³-hybridized carbons (Fsp3) is 1.00. The highest BCUT2D eigenvalue weighted by Crippen LogP contribution is 2.39. The molecule has 0 bridgehead atoms. The van der Waals surface area contributed by atoms with Crippen LogP contribution in [-0.2, 0) is 0 Å². The van der Waals surface area contributed by atoms with Gasteiger partial charge in [0.1, 0.15) is 0 Å². The fourth-order valence-electron chi connectivity index (χ4n) is 4.25. The number of nitrogens with zero attached hydrogens (tertiary/aromatic N) is 1. The van der Waals surface area contributed by atoms with Crippen LogP contribution in [0.5, 0.6) is 0 Å². The molecule has 0 aromatic heterocycles. The molecular weight excluding hydrogens is 248 g/mol. The van der Waals surface area contributed by atoms with Gasteiger partial charge in [0, 0.05) is 19.1 Å². The average Bonchev–Trinajstić information content (AvgIpc) is 2.37. The van der Waals surface area contributed by atoms with Crippen LogP contribution in [0, 0.1) is 11.3 Å². The second kappa shape index (κ2) is 7.24. The predicted octanol–water partition coefficient (Wildman–Crippen LogP) is 2.64. The van der Waals surface area contributed by atoms with E-state index in [1.807, 2.05) is 0 Å². The molecule has 20 heavy (non-hydrogen) atoms. The van der Waals surface area contributed by atoms with Gasteiger partial charge in [-0.2, -0.15) is 0 Å². The second-order valence-corrected chi connectivity index (χ2v) is 7.63. The van der Waals surface area contributed by atoms with Gasteiger partial charge in [0.2, 0.25) is 0 Å². The molecule has 0 spiro atoms. The molecule has 1 heterocycles. The Morgan fingerprint density at radius 1 is 1.25 bits per heavy atom. The molecule has 2 aliphatic rings. The quantitative estimate of drug-likeness (QED) is 0.814. The van der Waals surface area contributed by atoms with Crippen LogP contribution in [0.3, 0.4) is 0 Å². The molecule has 2 rings (SSSR count). The topological polar surface area (TPSA) is 35.5 Å². The molecule has 3 atom stereocenters. The van der Waals surface area contributed by atoms with E-state index in [9.17, 15) is 5.11 Å². The first-order valence-corrected chi connectivity index (χ1v) is 8.66. The first kappa shape index (κ1) is 16.3. The highest BCUT2D eigenvalue weighted by atomic mass is 16.3. The molecule has 0 aromatic rings. The Hall–Kier alpha value is -0.120. The van der Waals surface area contributed by atoms with Gasteiger partial charge in [0.05, 0.1) is 6.10 Å². The van der Waals surface area contributed by atoms with E-state index < -0.39 is 0 Å². The molecule has 3 heteroatoms. The number of nitrogens with one attached hydrogen (secondary N) is 1. The summed E-state index contributed by atoms with van der Waals surface area (Å²) >= 11 is 0. The van der Waals surface area contributed by atoms with E-state index in [0.717, 1.165) is 31.8 Å². The maximum atomic E-state index is 9.86. The van der Waals surface area contributed by atoms with Gasteiger partial charge in [0.25, 0.3) is 0 Å². The summed E-state index contributed by atoms with van der Waals surface area (Å²) in [4.78, 5) is 2.50. The Kier molecular flexibility index (Phi) is 5.88. The summed E-state index contributed by atoms with van der Waals surface area (Å²) in [5.41, 5.74) is 0.409. The molecule has 2 N–H and O–H groups in total. The summed E-state index contributed by atoms with van der Waals surface area (Å²) in [6.45, 7) is 11.5. The van der Waals surface area contributed by atoms with Crippen LogP contribution in [-0.4, -0.2) is 48.3 Å². The molecule has 3 unspecified atom stereocenters. The van der Waals surface area contributed by atoms with E-state index in [4.69, 9.17) is 0 Å². The van der Waals surface area contributed by atoms with E-state index in [2.05, 4.69) is 31.0 Å². The highest BCUT2D eigenvalue weighted by molar-refractivity contribution is 4.94. The van der Waals surface area contributed by atoms with Gasteiger partial charge >= 0.3 is 0 Å². The zero-order chi connectivity index (χ0) is 14.6. The van der Waals surface area contributed by atoms with E-state index in [-0.39, 0.29) is 6.10 Å². The van der Waals surface area contributed by atoms with Crippen LogP contribution >= 0.6 is 0 Å². The number of aliphatic hydroxyl groups is 1. The predicted molar refractivity (Wildman–Crippen MR) is 84.9 cm³/mol. The Labute approximate surface area is 125 Å². The lowest BCUT2D eigenvalue weighted by molar-refractivity contribution is 0.0335. The maximum Gasteiger partial charge on any atom is 0.0667 e. The molecular formula is C17H34N2O. The third kappa shape index (κ3) is 4.19. The number of piperidine rings is 1. The van der Waals surface area contributed by atoms with Crippen molar-refractivity contribution >= 4 is 0 Å². The summed E-state index contributed by atoms with van der Waals surface area (Å²) in [6, 6.07) is 0.635. The normalized spacial score (nSPS) is 35.1. The smallest absolute Gasteiger partial charge is 0.0667 e. The molecule has 3 nitrogen and oxygen atoms in total. The Morgan fingerprint density at radius 2 is 2.05 bits per heavy atom. The molecule has 1 saturated carbocycles. The van der Waals surface area contributed by atoms with Crippen molar-refractivity contribution in [3.63, 3.8) is 0 Å². The lowest BCUT2D eigenvalue weighted by Gasteiger charge is -2.46. The Morgan fingerprint density at radius 3 is 2.75 bits per heavy atom. The largest absolute Gasteiger partial charge is 0.392 e. The van der Waals surface area contributed by atoms with Gasteiger partial charge in [-0.3, -0.25) is 0 Å². The van der Waals surface area contributed by atoms with Gasteiger partial charge in [-0.1, -0.05) is 27.2 Å². The third-order valence-electron chi connectivity index (χ3n) is 5.30. The molecule has 0 aromatic carbocycles. The number of likely N-dealkylation sites (tertiary alicyclic amines) is 1. The van der Waals surface area contributed by atoms with Gasteiger partial charge in [0.15, 0.2) is 0 Å². The summed E-state index contributed by atoms with van der Waals surface area (Å²) in [5.74, 6) is 0.746. The van der Waals surface area contributed by atoms with Crippen LogP contribution < -0.4 is 5.32 Å². The van der Waals surface area contributed by atoms with Crippen LogP contribution in [0.1, 0.15) is 59.3 Å². The van der Waals surface area contributed by atoms with Crippen molar-refractivity contribution in [1.82, 2.24) is 10.2 Å². The highest BCUT2D eigenvalue weighted by Gasteiger charge is 2.39. The molecule has 0 amide bonds. The summed E-state index contributed by atoms with van der Waals surface area (Å²) in [7, 11) is 0.